The number of hydrogen-bond acceptors (Lipinski definition) is 4. The maximum Gasteiger partial charge on any atom is 0.417 e. The number of allylic oxidation sites excluding steroid dienone is 1. The Morgan fingerprint density at radius 1 is 1.21 bits per heavy atom. The number of aliphatic hydroxyl groups excluding tert-OH is 1. The van der Waals surface area contributed by atoms with Crippen molar-refractivity contribution in [1.29, 1.82) is 0 Å². The van der Waals surface area contributed by atoms with E-state index in [0.717, 1.165) is 31.2 Å². The molecule has 1 atom stereocenters. The molecule has 0 saturated carbocycles. The lowest BCUT2D eigenvalue weighted by atomic mass is 9.96. The molecule has 3 rings (SSSR count). The number of fused-ring (bicyclic) bond motifs is 1. The van der Waals surface area contributed by atoms with Crippen LogP contribution >= 0.6 is 0 Å². The molecule has 0 aromatic heterocycles. The first-order valence-electron chi connectivity index (χ1n) is 11.3. The molecule has 2 amide bonds. The van der Waals surface area contributed by atoms with Crippen LogP contribution in [0.2, 0.25) is 0 Å². The Hall–Kier alpha value is -3.61. The van der Waals surface area contributed by atoms with Crippen molar-refractivity contribution >= 4 is 23.1 Å². The zero-order chi connectivity index (χ0) is 28.3. The Kier molecular flexibility index (Phi) is 8.70. The summed E-state index contributed by atoms with van der Waals surface area (Å²) in [6, 6.07) is 4.75. The second-order valence-corrected chi connectivity index (χ2v) is 8.44. The number of halogens is 7. The van der Waals surface area contributed by atoms with E-state index in [0.29, 0.717) is 23.1 Å². The van der Waals surface area contributed by atoms with Gasteiger partial charge < -0.3 is 20.1 Å². The molecule has 38 heavy (non-hydrogen) atoms. The second kappa shape index (κ2) is 11.4. The Morgan fingerprint density at radius 2 is 1.92 bits per heavy atom. The minimum Gasteiger partial charge on any atom is -0.491 e. The van der Waals surface area contributed by atoms with Crippen molar-refractivity contribution in [3.63, 3.8) is 0 Å². The van der Waals surface area contributed by atoms with Crippen molar-refractivity contribution in [1.82, 2.24) is 5.32 Å². The Balaban J connectivity index is 2.12. The van der Waals surface area contributed by atoms with E-state index in [2.05, 4.69) is 5.32 Å². The number of carbonyl (C=O) groups excluding carboxylic acids is 2. The third-order valence-electron chi connectivity index (χ3n) is 5.52. The van der Waals surface area contributed by atoms with Crippen molar-refractivity contribution in [2.75, 3.05) is 31.2 Å². The predicted molar refractivity (Wildman–Crippen MR) is 123 cm³/mol. The van der Waals surface area contributed by atoms with Crippen LogP contribution in [0.5, 0.6) is 5.75 Å². The number of aliphatic hydroxyl groups is 1. The van der Waals surface area contributed by atoms with Crippen LogP contribution in [0.1, 0.15) is 34.8 Å². The molecule has 0 spiro atoms. The normalized spacial score (nSPS) is 17.0. The summed E-state index contributed by atoms with van der Waals surface area (Å²) in [4.78, 5) is 26.2. The van der Waals surface area contributed by atoms with E-state index in [1.54, 1.807) is 0 Å². The fourth-order valence-corrected chi connectivity index (χ4v) is 3.81. The lowest BCUT2D eigenvalue weighted by Gasteiger charge is -2.25. The van der Waals surface area contributed by atoms with Crippen molar-refractivity contribution in [2.45, 2.75) is 31.6 Å². The summed E-state index contributed by atoms with van der Waals surface area (Å²) in [5, 5.41) is 11.0. The molecule has 13 heteroatoms. The lowest BCUT2D eigenvalue weighted by Crippen LogP contribution is -2.34. The first kappa shape index (κ1) is 29.0. The molecule has 2 aromatic rings. The number of rotatable bonds is 7. The Labute approximate surface area is 212 Å². The molecule has 206 valence electrons. The average molecular weight is 548 g/mol. The van der Waals surface area contributed by atoms with Gasteiger partial charge in [-0.15, -0.1) is 0 Å². The highest BCUT2D eigenvalue weighted by Crippen LogP contribution is 2.44. The van der Waals surface area contributed by atoms with E-state index in [1.165, 1.54) is 0 Å². The fraction of sp³-hybridized carbons (Fsp3) is 0.360. The van der Waals surface area contributed by atoms with Crippen molar-refractivity contribution in [3.05, 3.63) is 65.0 Å². The zero-order valence-electron chi connectivity index (χ0n) is 19.9. The van der Waals surface area contributed by atoms with Gasteiger partial charge in [-0.1, -0.05) is 0 Å². The third-order valence-corrected chi connectivity index (χ3v) is 5.52. The molecule has 0 bridgehead atoms. The number of carbonyl (C=O) groups is 2. The van der Waals surface area contributed by atoms with Gasteiger partial charge in [-0.05, 0) is 43.3 Å². The minimum atomic E-state index is -5.07. The summed E-state index contributed by atoms with van der Waals surface area (Å²) in [6.07, 6.45) is -7.14. The Bertz CT molecular complexity index is 1230. The SMILES string of the molecule is C[C@@H](F)COc1ccc(C(=O)N2CCC(F)(F)/C(=C\C(=O)NCCO)c3cc(F)ccc32)c(C(F)(F)F)c1. The van der Waals surface area contributed by atoms with Crippen molar-refractivity contribution in [2.24, 2.45) is 0 Å². The first-order chi connectivity index (χ1) is 17.7. The van der Waals surface area contributed by atoms with E-state index in [4.69, 9.17) is 9.84 Å². The molecular formula is C25H23F7N2O4. The summed E-state index contributed by atoms with van der Waals surface area (Å²) in [6.45, 7) is -0.895. The highest BCUT2D eigenvalue weighted by atomic mass is 19.4. The smallest absolute Gasteiger partial charge is 0.417 e. The third kappa shape index (κ3) is 6.63. The number of ether oxygens (including phenoxy) is 1. The number of nitrogens with zero attached hydrogens (tertiary/aromatic N) is 1. The van der Waals surface area contributed by atoms with Crippen LogP contribution in [-0.2, 0) is 11.0 Å². The number of anilines is 1. The van der Waals surface area contributed by atoms with Gasteiger partial charge >= 0.3 is 6.18 Å². The van der Waals surface area contributed by atoms with Crippen LogP contribution < -0.4 is 15.0 Å². The van der Waals surface area contributed by atoms with E-state index >= 15 is 8.78 Å². The van der Waals surface area contributed by atoms with E-state index in [-0.39, 0.29) is 18.0 Å². The molecular weight excluding hydrogens is 525 g/mol. The standard InChI is InChI=1S/C25H23F7N2O4/c1-14(26)13-38-16-3-4-17(20(11-16)25(30,31)32)23(37)34-8-6-24(28,29)19(12-22(36)33-7-9-35)18-10-15(27)2-5-21(18)34/h2-5,10-12,14,35H,6-9,13H2,1H3,(H,33,36)/b19-12-/t14-/m1/s1. The van der Waals surface area contributed by atoms with Gasteiger partial charge in [0.1, 0.15) is 24.3 Å². The lowest BCUT2D eigenvalue weighted by molar-refractivity contribution is -0.138. The van der Waals surface area contributed by atoms with Crippen LogP contribution in [0.3, 0.4) is 0 Å². The molecule has 6 nitrogen and oxygen atoms in total. The number of benzene rings is 2. The Morgan fingerprint density at radius 3 is 2.55 bits per heavy atom. The quantitative estimate of drug-likeness (QED) is 0.387. The van der Waals surface area contributed by atoms with Crippen LogP contribution in [-0.4, -0.2) is 55.3 Å². The number of alkyl halides is 6. The maximum absolute atomic E-state index is 15.1. The second-order valence-electron chi connectivity index (χ2n) is 8.44. The minimum absolute atomic E-state index is 0.251. The molecule has 1 heterocycles. The van der Waals surface area contributed by atoms with Crippen LogP contribution in [0.4, 0.5) is 36.4 Å². The summed E-state index contributed by atoms with van der Waals surface area (Å²) in [5.74, 6) is -7.46. The highest BCUT2D eigenvalue weighted by Gasteiger charge is 2.43. The van der Waals surface area contributed by atoms with E-state index in [9.17, 15) is 31.5 Å². The number of nitrogens with one attached hydrogen (secondary N) is 1. The van der Waals surface area contributed by atoms with E-state index < -0.39 is 84.3 Å². The summed E-state index contributed by atoms with van der Waals surface area (Å²) >= 11 is 0. The van der Waals surface area contributed by atoms with Crippen LogP contribution in [0, 0.1) is 5.82 Å². The van der Waals surface area contributed by atoms with Crippen molar-refractivity contribution < 1.29 is 50.2 Å². The molecule has 0 radical (unpaired) electrons. The van der Waals surface area contributed by atoms with Gasteiger partial charge in [0.15, 0.2) is 0 Å². The van der Waals surface area contributed by atoms with Gasteiger partial charge in [0.25, 0.3) is 11.8 Å². The van der Waals surface area contributed by atoms with Gasteiger partial charge in [-0.3, -0.25) is 9.59 Å². The monoisotopic (exact) mass is 548 g/mol. The van der Waals surface area contributed by atoms with E-state index in [1.807, 2.05) is 0 Å². The van der Waals surface area contributed by atoms with Gasteiger partial charge in [-0.25, -0.2) is 17.6 Å². The topological polar surface area (TPSA) is 78.9 Å². The van der Waals surface area contributed by atoms with Crippen LogP contribution in [0.25, 0.3) is 5.57 Å². The largest absolute Gasteiger partial charge is 0.491 e. The van der Waals surface area contributed by atoms with Crippen molar-refractivity contribution in [3.8, 4) is 5.75 Å². The van der Waals surface area contributed by atoms with Gasteiger partial charge in [0.2, 0.25) is 5.91 Å². The van der Waals surface area contributed by atoms with Gasteiger partial charge in [-0.2, -0.15) is 13.2 Å². The molecule has 0 fully saturated rings. The fourth-order valence-electron chi connectivity index (χ4n) is 3.81. The zero-order valence-corrected chi connectivity index (χ0v) is 19.9. The molecule has 2 aromatic carbocycles. The summed E-state index contributed by atoms with van der Waals surface area (Å²) in [7, 11) is 0. The van der Waals surface area contributed by atoms with Gasteiger partial charge in [0.05, 0.1) is 23.4 Å². The molecule has 0 unspecified atom stereocenters. The maximum atomic E-state index is 15.1. The molecule has 0 saturated heterocycles. The summed E-state index contributed by atoms with van der Waals surface area (Å²) in [5.41, 5.74) is -4.19. The number of amides is 2. The molecule has 2 N–H and O–H groups in total. The molecule has 1 aliphatic heterocycles. The van der Waals surface area contributed by atoms with Crippen LogP contribution in [0.15, 0.2) is 42.5 Å². The highest BCUT2D eigenvalue weighted by molar-refractivity contribution is 6.10. The predicted octanol–water partition coefficient (Wildman–Crippen LogP) is 4.76. The average Bonchev–Trinajstić information content (AvgIpc) is 2.94. The molecule has 1 aliphatic rings. The first-order valence-corrected chi connectivity index (χ1v) is 11.3. The summed E-state index contributed by atoms with van der Waals surface area (Å²) < 4.78 is 104. The van der Waals surface area contributed by atoms with Gasteiger partial charge in [0, 0.05) is 36.7 Å². The number of hydrogen-bond donors (Lipinski definition) is 2. The molecule has 0 aliphatic carbocycles.